The van der Waals surface area contributed by atoms with Gasteiger partial charge in [-0.3, -0.25) is 0 Å². The minimum absolute atomic E-state index is 0.00723. The highest BCUT2D eigenvalue weighted by atomic mass is 32.2. The predicted octanol–water partition coefficient (Wildman–Crippen LogP) is 0.807. The van der Waals surface area contributed by atoms with Crippen molar-refractivity contribution in [2.75, 3.05) is 25.9 Å². The lowest BCUT2D eigenvalue weighted by molar-refractivity contribution is 0.252. The summed E-state index contributed by atoms with van der Waals surface area (Å²) < 4.78 is 25.7. The third kappa shape index (κ3) is 6.12. The van der Waals surface area contributed by atoms with Crippen LogP contribution < -0.4 is 10.0 Å². The number of hydrogen-bond acceptors (Lipinski definition) is 3. The fraction of sp³-hybridized carbons (Fsp3) is 1.00. The van der Waals surface area contributed by atoms with E-state index in [0.29, 0.717) is 19.0 Å². The summed E-state index contributed by atoms with van der Waals surface area (Å²) >= 11 is 0. The monoisotopic (exact) mass is 236 g/mol. The van der Waals surface area contributed by atoms with Crippen molar-refractivity contribution >= 4 is 10.0 Å². The molecule has 0 aliphatic carbocycles. The van der Waals surface area contributed by atoms with Crippen LogP contribution >= 0.6 is 0 Å². The normalized spacial score (nSPS) is 13.5. The largest absolute Gasteiger partial charge is 0.319 e. The summed E-state index contributed by atoms with van der Waals surface area (Å²) in [6, 6.07) is 0. The molecule has 0 aromatic heterocycles. The van der Waals surface area contributed by atoms with Crippen LogP contribution in [0.2, 0.25) is 0 Å². The first kappa shape index (κ1) is 14.9. The summed E-state index contributed by atoms with van der Waals surface area (Å²) in [6.45, 7) is 9.31. The van der Waals surface area contributed by atoms with Gasteiger partial charge >= 0.3 is 0 Å². The maximum atomic E-state index is 11.5. The number of sulfonamides is 1. The van der Waals surface area contributed by atoms with Crippen molar-refractivity contribution in [1.82, 2.24) is 10.0 Å². The summed E-state index contributed by atoms with van der Waals surface area (Å²) in [4.78, 5) is 0. The van der Waals surface area contributed by atoms with E-state index in [1.54, 1.807) is 7.05 Å². The van der Waals surface area contributed by atoms with Gasteiger partial charge in [0, 0.05) is 13.1 Å². The van der Waals surface area contributed by atoms with Gasteiger partial charge < -0.3 is 5.32 Å². The first-order chi connectivity index (χ1) is 6.71. The summed E-state index contributed by atoms with van der Waals surface area (Å²) in [5, 5.41) is 2.82. The van der Waals surface area contributed by atoms with Crippen molar-refractivity contribution in [2.45, 2.75) is 27.7 Å². The van der Waals surface area contributed by atoms with E-state index in [4.69, 9.17) is 0 Å². The quantitative estimate of drug-likeness (QED) is 0.687. The molecule has 0 radical (unpaired) electrons. The summed E-state index contributed by atoms with van der Waals surface area (Å²) in [7, 11) is -1.38. The van der Waals surface area contributed by atoms with Crippen molar-refractivity contribution in [3.63, 3.8) is 0 Å². The van der Waals surface area contributed by atoms with Crippen LogP contribution in [0.25, 0.3) is 0 Å². The maximum Gasteiger partial charge on any atom is 0.212 e. The fourth-order valence-corrected chi connectivity index (χ4v) is 2.02. The molecule has 0 aromatic rings. The molecule has 0 aliphatic rings. The van der Waals surface area contributed by atoms with E-state index < -0.39 is 10.0 Å². The van der Waals surface area contributed by atoms with Crippen LogP contribution in [0.5, 0.6) is 0 Å². The van der Waals surface area contributed by atoms with Crippen LogP contribution in [-0.2, 0) is 10.0 Å². The van der Waals surface area contributed by atoms with E-state index in [2.05, 4.69) is 37.7 Å². The van der Waals surface area contributed by atoms with Crippen molar-refractivity contribution < 1.29 is 8.42 Å². The lowest BCUT2D eigenvalue weighted by Gasteiger charge is -2.29. The Morgan fingerprint density at radius 3 is 2.20 bits per heavy atom. The van der Waals surface area contributed by atoms with Gasteiger partial charge in [-0.25, -0.2) is 13.1 Å². The molecule has 5 heteroatoms. The number of rotatable bonds is 7. The molecule has 2 N–H and O–H groups in total. The fourth-order valence-electron chi connectivity index (χ4n) is 0.809. The Balaban J connectivity index is 4.15. The zero-order valence-electron chi connectivity index (χ0n) is 10.4. The zero-order chi connectivity index (χ0) is 12.1. The Hall–Kier alpha value is -0.130. The Labute approximate surface area is 93.9 Å². The molecule has 0 saturated carbocycles. The molecule has 0 fully saturated rings. The minimum Gasteiger partial charge on any atom is -0.319 e. The SMILES string of the molecule is CNCCS(=O)(=O)NCC(C)(C)C(C)C. The molecule has 0 aromatic carbocycles. The average molecular weight is 236 g/mol. The minimum atomic E-state index is -3.12. The zero-order valence-corrected chi connectivity index (χ0v) is 11.2. The molecule has 0 atom stereocenters. The topological polar surface area (TPSA) is 58.2 Å². The molecule has 15 heavy (non-hydrogen) atoms. The highest BCUT2D eigenvalue weighted by Gasteiger charge is 2.24. The molecule has 0 rings (SSSR count). The summed E-state index contributed by atoms with van der Waals surface area (Å²) in [6.07, 6.45) is 0. The van der Waals surface area contributed by atoms with Gasteiger partial charge in [0.1, 0.15) is 0 Å². The summed E-state index contributed by atoms with van der Waals surface area (Å²) in [5.41, 5.74) is -0.00723. The van der Waals surface area contributed by atoms with E-state index in [1.807, 2.05) is 0 Å². The molecule has 0 amide bonds. The Morgan fingerprint density at radius 2 is 1.80 bits per heavy atom. The molecular weight excluding hydrogens is 212 g/mol. The number of nitrogens with one attached hydrogen (secondary N) is 2. The Kier molecular flexibility index (Phi) is 5.77. The van der Waals surface area contributed by atoms with Crippen molar-refractivity contribution in [2.24, 2.45) is 11.3 Å². The van der Waals surface area contributed by atoms with Gasteiger partial charge in [0.05, 0.1) is 5.75 Å². The number of hydrogen-bond donors (Lipinski definition) is 2. The first-order valence-electron chi connectivity index (χ1n) is 5.33. The molecular formula is C10H24N2O2S. The smallest absolute Gasteiger partial charge is 0.212 e. The molecule has 4 nitrogen and oxygen atoms in total. The van der Waals surface area contributed by atoms with Crippen LogP contribution in [0.4, 0.5) is 0 Å². The molecule has 0 saturated heterocycles. The van der Waals surface area contributed by atoms with Crippen molar-refractivity contribution in [3.8, 4) is 0 Å². The summed E-state index contributed by atoms with van der Waals surface area (Å²) in [5.74, 6) is 0.585. The van der Waals surface area contributed by atoms with Gasteiger partial charge in [0.2, 0.25) is 10.0 Å². The van der Waals surface area contributed by atoms with Gasteiger partial charge in [-0.15, -0.1) is 0 Å². The maximum absolute atomic E-state index is 11.5. The first-order valence-corrected chi connectivity index (χ1v) is 6.98. The third-order valence-electron chi connectivity index (χ3n) is 2.93. The second-order valence-corrected chi connectivity index (χ2v) is 6.81. The van der Waals surface area contributed by atoms with Crippen LogP contribution in [0.3, 0.4) is 0 Å². The standard InChI is InChI=1S/C10H24N2O2S/c1-9(2)10(3,4)8-12-15(13,14)7-6-11-5/h9,11-12H,6-8H2,1-5H3. The van der Waals surface area contributed by atoms with E-state index in [0.717, 1.165) is 0 Å². The average Bonchev–Trinajstić information content (AvgIpc) is 2.12. The second kappa shape index (κ2) is 5.82. The predicted molar refractivity (Wildman–Crippen MR) is 64.3 cm³/mol. The molecule has 92 valence electrons. The van der Waals surface area contributed by atoms with E-state index >= 15 is 0 Å². The third-order valence-corrected chi connectivity index (χ3v) is 4.26. The molecule has 0 bridgehead atoms. The molecule has 0 aliphatic heterocycles. The van der Waals surface area contributed by atoms with Crippen LogP contribution in [-0.4, -0.2) is 34.3 Å². The van der Waals surface area contributed by atoms with E-state index in [-0.39, 0.29) is 11.2 Å². The lowest BCUT2D eigenvalue weighted by Crippen LogP contribution is -2.39. The van der Waals surface area contributed by atoms with Gasteiger partial charge in [0.15, 0.2) is 0 Å². The van der Waals surface area contributed by atoms with Gasteiger partial charge in [0.25, 0.3) is 0 Å². The van der Waals surface area contributed by atoms with Gasteiger partial charge in [-0.05, 0) is 18.4 Å². The van der Waals surface area contributed by atoms with Crippen molar-refractivity contribution in [3.05, 3.63) is 0 Å². The van der Waals surface area contributed by atoms with E-state index in [9.17, 15) is 8.42 Å². The molecule has 0 spiro atoms. The van der Waals surface area contributed by atoms with Crippen LogP contribution in [0.1, 0.15) is 27.7 Å². The Morgan fingerprint density at radius 1 is 1.27 bits per heavy atom. The molecule has 0 heterocycles. The van der Waals surface area contributed by atoms with Crippen molar-refractivity contribution in [1.29, 1.82) is 0 Å². The molecule has 0 unspecified atom stereocenters. The lowest BCUT2D eigenvalue weighted by atomic mass is 9.81. The van der Waals surface area contributed by atoms with Gasteiger partial charge in [-0.1, -0.05) is 27.7 Å². The highest BCUT2D eigenvalue weighted by molar-refractivity contribution is 7.89. The van der Waals surface area contributed by atoms with E-state index in [1.165, 1.54) is 0 Å². The van der Waals surface area contributed by atoms with Crippen LogP contribution in [0.15, 0.2) is 0 Å². The van der Waals surface area contributed by atoms with Crippen LogP contribution in [0, 0.1) is 11.3 Å². The Bertz CT molecular complexity index is 271. The highest BCUT2D eigenvalue weighted by Crippen LogP contribution is 2.24. The van der Waals surface area contributed by atoms with Gasteiger partial charge in [-0.2, -0.15) is 0 Å². The second-order valence-electron chi connectivity index (χ2n) is 4.89.